The van der Waals surface area contributed by atoms with Crippen LogP contribution in [0.15, 0.2) is 52.8 Å². The molecule has 0 radical (unpaired) electrons. The van der Waals surface area contributed by atoms with Gasteiger partial charge in [0, 0.05) is 16.5 Å². The third-order valence-electron chi connectivity index (χ3n) is 3.13. The van der Waals surface area contributed by atoms with Crippen LogP contribution in [0.4, 0.5) is 4.39 Å². The summed E-state index contributed by atoms with van der Waals surface area (Å²) in [6.45, 7) is -0.0715. The minimum Gasteiger partial charge on any atom is -0.508 e. The SMILES string of the molecule is O=S1(=O)C=C(COc2ccc(O)cc2)c2c(F)cccc21. The van der Waals surface area contributed by atoms with Gasteiger partial charge in [-0.15, -0.1) is 0 Å². The lowest BCUT2D eigenvalue weighted by molar-refractivity contribution is 0.368. The minimum absolute atomic E-state index is 0.0354. The van der Waals surface area contributed by atoms with Crippen molar-refractivity contribution in [1.82, 2.24) is 0 Å². The van der Waals surface area contributed by atoms with Crippen molar-refractivity contribution in [2.45, 2.75) is 4.90 Å². The fraction of sp³-hybridized carbons (Fsp3) is 0.0667. The maximum atomic E-state index is 13.9. The van der Waals surface area contributed by atoms with Crippen LogP contribution >= 0.6 is 0 Å². The zero-order valence-corrected chi connectivity index (χ0v) is 11.6. The molecule has 0 spiro atoms. The van der Waals surface area contributed by atoms with Crippen LogP contribution in [0.5, 0.6) is 11.5 Å². The molecule has 0 amide bonds. The van der Waals surface area contributed by atoms with Crippen LogP contribution in [0.3, 0.4) is 0 Å². The first-order chi connectivity index (χ1) is 9.97. The van der Waals surface area contributed by atoms with E-state index in [4.69, 9.17) is 4.74 Å². The van der Waals surface area contributed by atoms with E-state index in [1.54, 1.807) is 12.1 Å². The number of aromatic hydroxyl groups is 1. The van der Waals surface area contributed by atoms with Gasteiger partial charge in [-0.05, 0) is 36.4 Å². The molecule has 1 N–H and O–H groups in total. The molecular weight excluding hydrogens is 295 g/mol. The Hall–Kier alpha value is -2.34. The number of phenolic OH excluding ortho intramolecular Hbond substituents is 1. The van der Waals surface area contributed by atoms with E-state index in [9.17, 15) is 17.9 Å². The molecule has 0 saturated carbocycles. The molecule has 2 aromatic carbocycles. The van der Waals surface area contributed by atoms with E-state index < -0.39 is 15.7 Å². The van der Waals surface area contributed by atoms with Gasteiger partial charge in [0.15, 0.2) is 0 Å². The Morgan fingerprint density at radius 3 is 2.52 bits per heavy atom. The Balaban J connectivity index is 1.89. The smallest absolute Gasteiger partial charge is 0.200 e. The van der Waals surface area contributed by atoms with Crippen LogP contribution in [-0.4, -0.2) is 20.1 Å². The molecule has 108 valence electrons. The first-order valence-corrected chi connectivity index (χ1v) is 7.68. The molecule has 0 saturated heterocycles. The standard InChI is InChI=1S/C15H11FO4S/c16-13-2-1-3-14-15(13)10(9-21(14,18)19)8-20-12-6-4-11(17)5-7-12/h1-7,9,17H,8H2. The number of fused-ring (bicyclic) bond motifs is 1. The summed E-state index contributed by atoms with van der Waals surface area (Å²) in [4.78, 5) is -0.0354. The number of ether oxygens (including phenoxy) is 1. The summed E-state index contributed by atoms with van der Waals surface area (Å²) >= 11 is 0. The Labute approximate surface area is 121 Å². The molecule has 0 aliphatic carbocycles. The molecule has 0 unspecified atom stereocenters. The van der Waals surface area contributed by atoms with Crippen molar-refractivity contribution in [3.05, 3.63) is 59.3 Å². The van der Waals surface area contributed by atoms with Crippen molar-refractivity contribution >= 4 is 15.4 Å². The molecule has 0 aromatic heterocycles. The second-order valence-electron chi connectivity index (χ2n) is 4.58. The number of phenols is 1. The van der Waals surface area contributed by atoms with E-state index in [0.29, 0.717) is 5.75 Å². The number of rotatable bonds is 3. The largest absolute Gasteiger partial charge is 0.508 e. The summed E-state index contributed by atoms with van der Waals surface area (Å²) in [5, 5.41) is 10.2. The van der Waals surface area contributed by atoms with Crippen molar-refractivity contribution < 1.29 is 22.7 Å². The summed E-state index contributed by atoms with van der Waals surface area (Å²) in [6.07, 6.45) is 0. The monoisotopic (exact) mass is 306 g/mol. The van der Waals surface area contributed by atoms with Gasteiger partial charge in [-0.25, -0.2) is 12.8 Å². The normalized spacial score (nSPS) is 15.4. The number of hydrogen-bond acceptors (Lipinski definition) is 4. The highest BCUT2D eigenvalue weighted by molar-refractivity contribution is 7.95. The van der Waals surface area contributed by atoms with Crippen LogP contribution in [0, 0.1) is 5.82 Å². The summed E-state index contributed by atoms with van der Waals surface area (Å²) in [6, 6.07) is 9.94. The molecule has 1 heterocycles. The van der Waals surface area contributed by atoms with Crippen molar-refractivity contribution in [3.63, 3.8) is 0 Å². The van der Waals surface area contributed by atoms with Gasteiger partial charge in [-0.3, -0.25) is 0 Å². The van der Waals surface area contributed by atoms with E-state index in [1.165, 1.54) is 30.3 Å². The van der Waals surface area contributed by atoms with Gasteiger partial charge in [0.1, 0.15) is 23.9 Å². The van der Waals surface area contributed by atoms with Crippen LogP contribution < -0.4 is 4.74 Å². The van der Waals surface area contributed by atoms with Gasteiger partial charge in [0.2, 0.25) is 9.84 Å². The lowest BCUT2D eigenvalue weighted by atomic mass is 10.1. The molecule has 1 aliphatic rings. The lowest BCUT2D eigenvalue weighted by Gasteiger charge is -2.08. The van der Waals surface area contributed by atoms with E-state index >= 15 is 0 Å². The molecule has 0 bridgehead atoms. The molecule has 2 aromatic rings. The second kappa shape index (κ2) is 4.89. The molecule has 0 atom stereocenters. The summed E-state index contributed by atoms with van der Waals surface area (Å²) in [7, 11) is -3.61. The number of halogens is 1. The molecule has 1 aliphatic heterocycles. The fourth-order valence-electron chi connectivity index (χ4n) is 2.17. The van der Waals surface area contributed by atoms with Gasteiger partial charge in [0.25, 0.3) is 0 Å². The average Bonchev–Trinajstić information content (AvgIpc) is 2.71. The third kappa shape index (κ3) is 2.50. The minimum atomic E-state index is -3.61. The zero-order chi connectivity index (χ0) is 15.0. The predicted octanol–water partition coefficient (Wildman–Crippen LogP) is 2.74. The van der Waals surface area contributed by atoms with Crippen molar-refractivity contribution in [2.24, 2.45) is 0 Å². The van der Waals surface area contributed by atoms with Crippen LogP contribution in [0.1, 0.15) is 5.56 Å². The molecule has 4 nitrogen and oxygen atoms in total. The van der Waals surface area contributed by atoms with Gasteiger partial charge in [0.05, 0.1) is 4.90 Å². The maximum absolute atomic E-state index is 13.9. The Kier molecular flexibility index (Phi) is 3.17. The van der Waals surface area contributed by atoms with Crippen LogP contribution in [-0.2, 0) is 9.84 Å². The lowest BCUT2D eigenvalue weighted by Crippen LogP contribution is -2.01. The number of sulfone groups is 1. The Morgan fingerprint density at radius 2 is 1.81 bits per heavy atom. The average molecular weight is 306 g/mol. The van der Waals surface area contributed by atoms with Gasteiger partial charge in [-0.1, -0.05) is 6.07 Å². The molecule has 21 heavy (non-hydrogen) atoms. The molecular formula is C15H11FO4S. The number of benzene rings is 2. The van der Waals surface area contributed by atoms with Gasteiger partial charge < -0.3 is 9.84 Å². The summed E-state index contributed by atoms with van der Waals surface area (Å²) in [5.41, 5.74) is 0.340. The quantitative estimate of drug-likeness (QED) is 0.947. The summed E-state index contributed by atoms with van der Waals surface area (Å²) < 4.78 is 43.2. The third-order valence-corrected chi connectivity index (χ3v) is 4.68. The number of hydrogen-bond donors (Lipinski definition) is 1. The molecule has 6 heteroatoms. The van der Waals surface area contributed by atoms with Crippen molar-refractivity contribution in [2.75, 3.05) is 6.61 Å². The Morgan fingerprint density at radius 1 is 1.10 bits per heavy atom. The topological polar surface area (TPSA) is 63.6 Å². The fourth-order valence-corrected chi connectivity index (χ4v) is 3.64. The Bertz CT molecular complexity index is 823. The molecule has 3 rings (SSSR count). The highest BCUT2D eigenvalue weighted by Gasteiger charge is 2.29. The van der Waals surface area contributed by atoms with Gasteiger partial charge in [-0.2, -0.15) is 0 Å². The first-order valence-electron chi connectivity index (χ1n) is 6.14. The van der Waals surface area contributed by atoms with E-state index in [0.717, 1.165) is 5.41 Å². The highest BCUT2D eigenvalue weighted by atomic mass is 32.2. The summed E-state index contributed by atoms with van der Waals surface area (Å²) in [5.74, 6) is -0.0357. The van der Waals surface area contributed by atoms with Crippen LogP contribution in [0.25, 0.3) is 5.57 Å². The predicted molar refractivity (Wildman–Crippen MR) is 75.2 cm³/mol. The highest BCUT2D eigenvalue weighted by Crippen LogP contribution is 2.35. The maximum Gasteiger partial charge on any atom is 0.200 e. The molecule has 0 fully saturated rings. The van der Waals surface area contributed by atoms with Crippen molar-refractivity contribution in [3.8, 4) is 11.5 Å². The second-order valence-corrected chi connectivity index (χ2v) is 6.35. The van der Waals surface area contributed by atoms with E-state index in [2.05, 4.69) is 0 Å². The van der Waals surface area contributed by atoms with Crippen molar-refractivity contribution in [1.29, 1.82) is 0 Å². The zero-order valence-electron chi connectivity index (χ0n) is 10.8. The van der Waals surface area contributed by atoms with E-state index in [1.807, 2.05) is 0 Å². The first kappa shape index (κ1) is 13.6. The van der Waals surface area contributed by atoms with E-state index in [-0.39, 0.29) is 28.4 Å². The van der Waals surface area contributed by atoms with Gasteiger partial charge >= 0.3 is 0 Å². The van der Waals surface area contributed by atoms with Crippen LogP contribution in [0.2, 0.25) is 0 Å².